The van der Waals surface area contributed by atoms with Gasteiger partial charge in [-0.25, -0.2) is 0 Å². The van der Waals surface area contributed by atoms with Crippen molar-refractivity contribution in [2.24, 2.45) is 0 Å². The summed E-state index contributed by atoms with van der Waals surface area (Å²) in [5.41, 5.74) is 0.620. The van der Waals surface area contributed by atoms with Gasteiger partial charge in [-0.1, -0.05) is 23.1 Å². The lowest BCUT2D eigenvalue weighted by atomic mass is 10.1. The van der Waals surface area contributed by atoms with Gasteiger partial charge < -0.3 is 14.8 Å². The van der Waals surface area contributed by atoms with E-state index in [1.807, 2.05) is 0 Å². The molecular weight excluding hydrogens is 322 g/mol. The Hall–Kier alpha value is -1.80. The smallest absolute Gasteiger partial charge is 0.206 e. The molecule has 1 aliphatic rings. The number of carbonyl (C=O) groups excluding carboxylic acids is 1. The highest BCUT2D eigenvalue weighted by Crippen LogP contribution is 2.31. The van der Waals surface area contributed by atoms with Crippen molar-refractivity contribution < 1.29 is 14.3 Å². The van der Waals surface area contributed by atoms with Gasteiger partial charge in [0.15, 0.2) is 21.6 Å². The molecule has 2 aromatic rings. The quantitative estimate of drug-likeness (QED) is 0.664. The number of ketones is 1. The summed E-state index contributed by atoms with van der Waals surface area (Å²) < 4.78 is 11.9. The number of fused-ring (bicyclic) bond motifs is 1. The maximum atomic E-state index is 12.3. The Morgan fingerprint density at radius 1 is 1.32 bits per heavy atom. The first-order valence-corrected chi connectivity index (χ1v) is 8.63. The molecule has 0 aliphatic carbocycles. The van der Waals surface area contributed by atoms with Crippen LogP contribution in [0.15, 0.2) is 22.5 Å². The molecule has 1 aromatic carbocycles. The van der Waals surface area contributed by atoms with Gasteiger partial charge >= 0.3 is 0 Å². The molecule has 0 atom stereocenters. The van der Waals surface area contributed by atoms with E-state index in [1.165, 1.54) is 23.1 Å². The molecule has 22 heavy (non-hydrogen) atoms. The van der Waals surface area contributed by atoms with Crippen molar-refractivity contribution in [1.29, 1.82) is 0 Å². The van der Waals surface area contributed by atoms with Crippen molar-refractivity contribution in [3.05, 3.63) is 23.8 Å². The van der Waals surface area contributed by atoms with E-state index in [4.69, 9.17) is 9.47 Å². The van der Waals surface area contributed by atoms with Crippen LogP contribution in [0.2, 0.25) is 0 Å². The summed E-state index contributed by atoms with van der Waals surface area (Å²) in [6, 6.07) is 5.32. The highest BCUT2D eigenvalue weighted by molar-refractivity contribution is 8.01. The number of benzene rings is 1. The van der Waals surface area contributed by atoms with E-state index in [1.54, 1.807) is 25.2 Å². The monoisotopic (exact) mass is 337 g/mol. The molecule has 0 radical (unpaired) electrons. The van der Waals surface area contributed by atoms with Crippen LogP contribution in [0.5, 0.6) is 11.5 Å². The van der Waals surface area contributed by atoms with Crippen LogP contribution in [0, 0.1) is 0 Å². The fourth-order valence-corrected chi connectivity index (χ4v) is 3.52. The summed E-state index contributed by atoms with van der Waals surface area (Å²) in [5.74, 6) is 1.69. The van der Waals surface area contributed by atoms with E-state index in [2.05, 4.69) is 15.5 Å². The van der Waals surface area contributed by atoms with Gasteiger partial charge in [-0.15, -0.1) is 10.2 Å². The number of aromatic nitrogens is 2. The topological polar surface area (TPSA) is 73.3 Å². The number of hydrogen-bond donors (Lipinski definition) is 1. The second-order valence-electron chi connectivity index (χ2n) is 4.55. The number of rotatable bonds is 5. The molecule has 0 spiro atoms. The first-order chi connectivity index (χ1) is 10.8. The van der Waals surface area contributed by atoms with Gasteiger partial charge in [0, 0.05) is 19.0 Å². The molecule has 1 aromatic heterocycles. The standard InChI is InChI=1S/C14H15N3O3S2/c1-15-13-16-17-14(22-13)21-8-10(18)9-3-4-11-12(7-9)20-6-2-5-19-11/h3-4,7H,2,5-6,8H2,1H3,(H,15,16). The first kappa shape index (κ1) is 15.1. The van der Waals surface area contributed by atoms with E-state index in [0.717, 1.165) is 15.9 Å². The molecule has 6 nitrogen and oxygen atoms in total. The van der Waals surface area contributed by atoms with Gasteiger partial charge in [-0.05, 0) is 18.2 Å². The molecule has 0 unspecified atom stereocenters. The van der Waals surface area contributed by atoms with Crippen LogP contribution in [-0.2, 0) is 0 Å². The van der Waals surface area contributed by atoms with Crippen molar-refractivity contribution in [1.82, 2.24) is 10.2 Å². The Balaban J connectivity index is 1.65. The number of Topliss-reactive ketones (excluding diaryl/α,β-unsaturated/α-hetero) is 1. The van der Waals surface area contributed by atoms with Crippen molar-refractivity contribution in [2.45, 2.75) is 10.8 Å². The zero-order chi connectivity index (χ0) is 15.4. The Labute approximate surface area is 136 Å². The Kier molecular flexibility index (Phi) is 4.79. The van der Waals surface area contributed by atoms with E-state index < -0.39 is 0 Å². The Morgan fingerprint density at radius 2 is 2.14 bits per heavy atom. The highest BCUT2D eigenvalue weighted by Gasteiger charge is 2.15. The van der Waals surface area contributed by atoms with Gasteiger partial charge in [0.2, 0.25) is 5.13 Å². The first-order valence-electron chi connectivity index (χ1n) is 6.83. The van der Waals surface area contributed by atoms with Gasteiger partial charge in [-0.3, -0.25) is 4.79 Å². The predicted molar refractivity (Wildman–Crippen MR) is 86.6 cm³/mol. The van der Waals surface area contributed by atoms with Crippen LogP contribution in [0.25, 0.3) is 0 Å². The predicted octanol–water partition coefficient (Wildman–Crippen LogP) is 2.72. The molecule has 2 heterocycles. The number of thioether (sulfide) groups is 1. The molecule has 116 valence electrons. The van der Waals surface area contributed by atoms with Gasteiger partial charge in [0.05, 0.1) is 19.0 Å². The summed E-state index contributed by atoms with van der Waals surface area (Å²) in [7, 11) is 1.79. The summed E-state index contributed by atoms with van der Waals surface area (Å²) in [4.78, 5) is 12.3. The highest BCUT2D eigenvalue weighted by atomic mass is 32.2. The van der Waals surface area contributed by atoms with Crippen LogP contribution in [-0.4, -0.2) is 42.0 Å². The number of carbonyl (C=O) groups is 1. The van der Waals surface area contributed by atoms with E-state index >= 15 is 0 Å². The fraction of sp³-hybridized carbons (Fsp3) is 0.357. The number of nitrogens with one attached hydrogen (secondary N) is 1. The van der Waals surface area contributed by atoms with Gasteiger partial charge in [0.1, 0.15) is 0 Å². The zero-order valence-corrected chi connectivity index (χ0v) is 13.6. The zero-order valence-electron chi connectivity index (χ0n) is 12.0. The SMILES string of the molecule is CNc1nnc(SCC(=O)c2ccc3c(c2)OCCCO3)s1. The Bertz CT molecular complexity index is 675. The summed E-state index contributed by atoms with van der Waals surface area (Å²) in [6.45, 7) is 1.25. The fourth-order valence-electron chi connectivity index (χ4n) is 1.92. The molecule has 0 saturated heterocycles. The third-order valence-corrected chi connectivity index (χ3v) is 5.09. The van der Waals surface area contributed by atoms with Gasteiger partial charge in [-0.2, -0.15) is 0 Å². The number of hydrogen-bond acceptors (Lipinski definition) is 8. The molecule has 1 N–H and O–H groups in total. The summed E-state index contributed by atoms with van der Waals surface area (Å²) in [5, 5.41) is 11.6. The number of nitrogens with zero attached hydrogens (tertiary/aromatic N) is 2. The van der Waals surface area contributed by atoms with Gasteiger partial charge in [0.25, 0.3) is 0 Å². The molecule has 0 saturated carbocycles. The minimum atomic E-state index is 0.0295. The minimum absolute atomic E-state index is 0.0295. The summed E-state index contributed by atoms with van der Waals surface area (Å²) >= 11 is 2.81. The number of ether oxygens (including phenoxy) is 2. The lowest BCUT2D eigenvalue weighted by Gasteiger charge is -2.08. The molecule has 8 heteroatoms. The Morgan fingerprint density at radius 3 is 2.91 bits per heavy atom. The molecule has 1 aliphatic heterocycles. The lowest BCUT2D eigenvalue weighted by molar-refractivity contribution is 0.102. The van der Waals surface area contributed by atoms with Crippen molar-refractivity contribution in [3.8, 4) is 11.5 Å². The second-order valence-corrected chi connectivity index (χ2v) is 6.75. The maximum absolute atomic E-state index is 12.3. The average molecular weight is 337 g/mol. The average Bonchev–Trinajstić information content (AvgIpc) is 2.88. The van der Waals surface area contributed by atoms with Crippen molar-refractivity contribution in [3.63, 3.8) is 0 Å². The van der Waals surface area contributed by atoms with Crippen LogP contribution in [0.1, 0.15) is 16.8 Å². The normalized spacial score (nSPS) is 13.5. The molecule has 0 bridgehead atoms. The molecule has 3 rings (SSSR count). The van der Waals surface area contributed by atoms with Crippen molar-refractivity contribution >= 4 is 34.0 Å². The second kappa shape index (κ2) is 6.97. The van der Waals surface area contributed by atoms with Crippen LogP contribution >= 0.6 is 23.1 Å². The largest absolute Gasteiger partial charge is 0.490 e. The number of anilines is 1. The lowest BCUT2D eigenvalue weighted by Crippen LogP contribution is -2.03. The molecular formula is C14H15N3O3S2. The van der Waals surface area contributed by atoms with Crippen LogP contribution in [0.4, 0.5) is 5.13 Å². The third-order valence-electron chi connectivity index (χ3n) is 3.02. The van der Waals surface area contributed by atoms with E-state index in [-0.39, 0.29) is 5.78 Å². The molecule has 0 amide bonds. The maximum Gasteiger partial charge on any atom is 0.206 e. The third kappa shape index (κ3) is 3.50. The van der Waals surface area contributed by atoms with Crippen molar-refractivity contribution in [2.75, 3.05) is 31.3 Å². The van der Waals surface area contributed by atoms with Crippen LogP contribution in [0.3, 0.4) is 0 Å². The molecule has 0 fully saturated rings. The minimum Gasteiger partial charge on any atom is -0.490 e. The van der Waals surface area contributed by atoms with E-state index in [0.29, 0.717) is 36.0 Å². The van der Waals surface area contributed by atoms with Crippen LogP contribution < -0.4 is 14.8 Å². The van der Waals surface area contributed by atoms with E-state index in [9.17, 15) is 4.79 Å². The summed E-state index contributed by atoms with van der Waals surface area (Å²) in [6.07, 6.45) is 0.846.